The zero-order valence-electron chi connectivity index (χ0n) is 9.17. The molecule has 2 nitrogen and oxygen atoms in total. The first kappa shape index (κ1) is 10.8. The van der Waals surface area contributed by atoms with E-state index in [-0.39, 0.29) is 0 Å². The molecule has 3 heteroatoms. The fraction of sp³-hybridized carbons (Fsp3) is 1.00. The Hall–Kier alpha value is 0.270. The summed E-state index contributed by atoms with van der Waals surface area (Å²) in [6.45, 7) is 3.78. The van der Waals surface area contributed by atoms with Gasteiger partial charge in [-0.15, -0.1) is 0 Å². The van der Waals surface area contributed by atoms with Gasteiger partial charge in [-0.05, 0) is 51.1 Å². The number of nitrogens with one attached hydrogen (secondary N) is 1. The summed E-state index contributed by atoms with van der Waals surface area (Å²) >= 11 is 2.12. The Balaban J connectivity index is 1.72. The van der Waals surface area contributed by atoms with Crippen molar-refractivity contribution in [3.8, 4) is 0 Å². The van der Waals surface area contributed by atoms with Crippen LogP contribution in [0.25, 0.3) is 0 Å². The van der Waals surface area contributed by atoms with E-state index in [9.17, 15) is 0 Å². The molecular formula is C11H22N2S. The number of rotatable bonds is 3. The van der Waals surface area contributed by atoms with Crippen LogP contribution in [0, 0.1) is 5.92 Å². The first-order chi connectivity index (χ1) is 6.86. The third-order valence-electron chi connectivity index (χ3n) is 3.47. The van der Waals surface area contributed by atoms with Gasteiger partial charge in [0, 0.05) is 18.3 Å². The van der Waals surface area contributed by atoms with Crippen molar-refractivity contribution in [2.24, 2.45) is 5.92 Å². The van der Waals surface area contributed by atoms with Crippen molar-refractivity contribution in [2.75, 3.05) is 38.2 Å². The van der Waals surface area contributed by atoms with E-state index in [1.165, 1.54) is 50.4 Å². The molecule has 0 aliphatic carbocycles. The molecule has 0 bridgehead atoms. The van der Waals surface area contributed by atoms with Crippen LogP contribution >= 0.6 is 11.8 Å². The minimum Gasteiger partial charge on any atom is -0.316 e. The second-order valence-electron chi connectivity index (χ2n) is 4.67. The third-order valence-corrected chi connectivity index (χ3v) is 4.62. The number of nitrogens with zero attached hydrogens (tertiary/aromatic N) is 1. The maximum Gasteiger partial charge on any atom is 0.0191 e. The van der Waals surface area contributed by atoms with E-state index in [0.717, 1.165) is 12.0 Å². The van der Waals surface area contributed by atoms with Gasteiger partial charge in [-0.25, -0.2) is 0 Å². The molecule has 0 spiro atoms. The van der Waals surface area contributed by atoms with E-state index in [1.54, 1.807) is 0 Å². The maximum absolute atomic E-state index is 3.50. The van der Waals surface area contributed by atoms with E-state index in [0.29, 0.717) is 0 Å². The topological polar surface area (TPSA) is 15.3 Å². The van der Waals surface area contributed by atoms with Crippen LogP contribution in [0.3, 0.4) is 0 Å². The molecule has 0 amide bonds. The van der Waals surface area contributed by atoms with Gasteiger partial charge in [0.25, 0.3) is 0 Å². The van der Waals surface area contributed by atoms with Gasteiger partial charge in [-0.1, -0.05) is 0 Å². The number of hydrogen-bond donors (Lipinski definition) is 1. The number of thioether (sulfide) groups is 1. The highest BCUT2D eigenvalue weighted by Gasteiger charge is 2.23. The molecule has 2 fully saturated rings. The molecule has 2 atom stereocenters. The van der Waals surface area contributed by atoms with Crippen LogP contribution in [0.4, 0.5) is 0 Å². The minimum absolute atomic E-state index is 0.863. The van der Waals surface area contributed by atoms with Crippen LogP contribution in [-0.4, -0.2) is 49.1 Å². The summed E-state index contributed by atoms with van der Waals surface area (Å²) in [5.41, 5.74) is 0. The minimum atomic E-state index is 0.863. The molecule has 2 saturated heterocycles. The average molecular weight is 214 g/mol. The van der Waals surface area contributed by atoms with Crippen molar-refractivity contribution in [3.05, 3.63) is 0 Å². The van der Waals surface area contributed by atoms with E-state index in [2.05, 4.69) is 29.0 Å². The van der Waals surface area contributed by atoms with Crippen LogP contribution in [0.15, 0.2) is 0 Å². The lowest BCUT2D eigenvalue weighted by atomic mass is 9.98. The molecule has 2 heterocycles. The monoisotopic (exact) mass is 214 g/mol. The molecule has 2 aliphatic heterocycles. The van der Waals surface area contributed by atoms with Crippen molar-refractivity contribution >= 4 is 11.8 Å². The fourth-order valence-electron chi connectivity index (χ4n) is 2.51. The molecule has 2 aliphatic rings. The zero-order chi connectivity index (χ0) is 9.80. The van der Waals surface area contributed by atoms with E-state index in [1.807, 2.05) is 0 Å². The van der Waals surface area contributed by atoms with Crippen LogP contribution in [0.1, 0.15) is 19.3 Å². The number of hydrogen-bond acceptors (Lipinski definition) is 3. The van der Waals surface area contributed by atoms with Crippen molar-refractivity contribution in [1.82, 2.24) is 10.2 Å². The summed E-state index contributed by atoms with van der Waals surface area (Å²) in [5.74, 6) is 3.63. The molecule has 82 valence electrons. The van der Waals surface area contributed by atoms with E-state index < -0.39 is 0 Å². The molecule has 0 saturated carbocycles. The van der Waals surface area contributed by atoms with Gasteiger partial charge in [0.2, 0.25) is 0 Å². The highest BCUT2D eigenvalue weighted by molar-refractivity contribution is 7.99. The van der Waals surface area contributed by atoms with E-state index in [4.69, 9.17) is 0 Å². The normalized spacial score (nSPS) is 33.9. The molecule has 0 aromatic carbocycles. The highest BCUT2D eigenvalue weighted by atomic mass is 32.2. The molecule has 2 rings (SSSR count). The summed E-state index contributed by atoms with van der Waals surface area (Å²) in [6, 6.07) is 0.863. The molecule has 2 unspecified atom stereocenters. The number of piperidine rings is 1. The summed E-state index contributed by atoms with van der Waals surface area (Å²) in [4.78, 5) is 2.59. The molecule has 14 heavy (non-hydrogen) atoms. The van der Waals surface area contributed by atoms with Crippen molar-refractivity contribution in [3.63, 3.8) is 0 Å². The molecule has 1 N–H and O–H groups in total. The van der Waals surface area contributed by atoms with Crippen LogP contribution < -0.4 is 5.32 Å². The Morgan fingerprint density at radius 3 is 3.00 bits per heavy atom. The van der Waals surface area contributed by atoms with Crippen LogP contribution in [-0.2, 0) is 0 Å². The lowest BCUT2D eigenvalue weighted by molar-refractivity contribution is 0.201. The SMILES string of the molecule is CN(CC1CCCNC1)C1CCSC1. The summed E-state index contributed by atoms with van der Waals surface area (Å²) in [7, 11) is 2.31. The summed E-state index contributed by atoms with van der Waals surface area (Å²) in [6.07, 6.45) is 4.20. The maximum atomic E-state index is 3.50. The first-order valence-electron chi connectivity index (χ1n) is 5.85. The highest BCUT2D eigenvalue weighted by Crippen LogP contribution is 2.22. The second-order valence-corrected chi connectivity index (χ2v) is 5.82. The average Bonchev–Trinajstić information content (AvgIpc) is 2.72. The first-order valence-corrected chi connectivity index (χ1v) is 7.00. The van der Waals surface area contributed by atoms with Gasteiger partial charge in [0.15, 0.2) is 0 Å². The second kappa shape index (κ2) is 5.38. The lowest BCUT2D eigenvalue weighted by Crippen LogP contribution is -2.41. The Kier molecular flexibility index (Phi) is 4.14. The van der Waals surface area contributed by atoms with Crippen molar-refractivity contribution in [1.29, 1.82) is 0 Å². The van der Waals surface area contributed by atoms with Crippen LogP contribution in [0.5, 0.6) is 0 Å². The molecule has 0 radical (unpaired) electrons. The predicted molar refractivity (Wildman–Crippen MR) is 64.0 cm³/mol. The van der Waals surface area contributed by atoms with Gasteiger partial charge < -0.3 is 10.2 Å². The summed E-state index contributed by atoms with van der Waals surface area (Å²) in [5, 5.41) is 3.50. The van der Waals surface area contributed by atoms with Gasteiger partial charge in [0.1, 0.15) is 0 Å². The Morgan fingerprint density at radius 1 is 1.43 bits per heavy atom. The Bertz CT molecular complexity index is 163. The molecular weight excluding hydrogens is 192 g/mol. The van der Waals surface area contributed by atoms with Crippen molar-refractivity contribution in [2.45, 2.75) is 25.3 Å². The zero-order valence-corrected chi connectivity index (χ0v) is 9.98. The van der Waals surface area contributed by atoms with Gasteiger partial charge in [-0.3, -0.25) is 0 Å². The predicted octanol–water partition coefficient (Wildman–Crippen LogP) is 1.42. The molecule has 0 aromatic heterocycles. The van der Waals surface area contributed by atoms with Gasteiger partial charge in [0.05, 0.1) is 0 Å². The molecule has 0 aromatic rings. The largest absolute Gasteiger partial charge is 0.316 e. The third kappa shape index (κ3) is 2.88. The lowest BCUT2D eigenvalue weighted by Gasteiger charge is -2.30. The van der Waals surface area contributed by atoms with Crippen LogP contribution in [0.2, 0.25) is 0 Å². The quantitative estimate of drug-likeness (QED) is 0.765. The fourth-order valence-corrected chi connectivity index (χ4v) is 3.80. The Labute approximate surface area is 91.8 Å². The van der Waals surface area contributed by atoms with Crippen molar-refractivity contribution < 1.29 is 0 Å². The smallest absolute Gasteiger partial charge is 0.0191 e. The van der Waals surface area contributed by atoms with Gasteiger partial charge in [-0.2, -0.15) is 11.8 Å². The summed E-state index contributed by atoms with van der Waals surface area (Å²) < 4.78 is 0. The Morgan fingerprint density at radius 2 is 2.36 bits per heavy atom. The standard InChI is InChI=1S/C11H22N2S/c1-13(11-4-6-14-9-11)8-10-3-2-5-12-7-10/h10-12H,2-9H2,1H3. The van der Waals surface area contributed by atoms with E-state index >= 15 is 0 Å². The van der Waals surface area contributed by atoms with Gasteiger partial charge >= 0.3 is 0 Å².